The number of nitrogens with zero attached hydrogens (tertiary/aromatic N) is 2. The fourth-order valence-electron chi connectivity index (χ4n) is 6.04. The molecule has 0 radical (unpaired) electrons. The van der Waals surface area contributed by atoms with Crippen molar-refractivity contribution in [1.29, 1.82) is 0 Å². The number of aryl methyl sites for hydroxylation is 1. The highest BCUT2D eigenvalue weighted by atomic mass is 16.5. The number of para-hydroxylation sites is 3. The van der Waals surface area contributed by atoms with E-state index in [4.69, 9.17) is 20.2 Å². The maximum Gasteiger partial charge on any atom is 0.235 e. The van der Waals surface area contributed by atoms with Crippen LogP contribution in [-0.4, -0.2) is 31.9 Å². The molecule has 234 valence electrons. The third-order valence-electron chi connectivity index (χ3n) is 8.56. The summed E-state index contributed by atoms with van der Waals surface area (Å²) in [7, 11) is 1.73. The highest BCUT2D eigenvalue weighted by Gasteiger charge is 2.18. The summed E-state index contributed by atoms with van der Waals surface area (Å²) in [6.45, 7) is 3.78. The molecule has 0 unspecified atom stereocenters. The second kappa shape index (κ2) is 22.3. The van der Waals surface area contributed by atoms with Gasteiger partial charge in [-0.25, -0.2) is 4.98 Å². The molecule has 5 nitrogen and oxygen atoms in total. The summed E-state index contributed by atoms with van der Waals surface area (Å²) < 4.78 is 13.9. The number of fused-ring (bicyclic) bond motifs is 2. The van der Waals surface area contributed by atoms with Gasteiger partial charge >= 0.3 is 0 Å². The van der Waals surface area contributed by atoms with Crippen LogP contribution in [0.25, 0.3) is 22.1 Å². The van der Waals surface area contributed by atoms with E-state index < -0.39 is 0 Å². The summed E-state index contributed by atoms with van der Waals surface area (Å²) in [5, 5.41) is 0. The van der Waals surface area contributed by atoms with Crippen molar-refractivity contribution in [3.05, 3.63) is 42.5 Å². The summed E-state index contributed by atoms with van der Waals surface area (Å²) in [6, 6.07) is 14.7. The quantitative estimate of drug-likeness (QED) is 0.0585. The molecule has 3 aromatic rings. The van der Waals surface area contributed by atoms with Gasteiger partial charge < -0.3 is 15.2 Å². The Kier molecular flexibility index (Phi) is 18.2. The Bertz CT molecular complexity index is 1100. The van der Waals surface area contributed by atoms with Gasteiger partial charge in [0.1, 0.15) is 12.1 Å². The standard InChI is InChI=1S/C37H60N3O2/c1-41-36-28-24-27-35-37(36)39-33-25-18-19-26-34(33)40(35)30-21-15-11-7-3-5-9-13-17-23-32-42-31-22-16-12-8-4-2-6-10-14-20-29-38/h18-19,24-28H,2-17,20-23,29-32,38H2,1H3/q+1. The first-order valence-electron chi connectivity index (χ1n) is 17.4. The number of ether oxygens (including phenoxy) is 2. The lowest BCUT2D eigenvalue weighted by Crippen LogP contribution is -2.36. The molecule has 42 heavy (non-hydrogen) atoms. The molecule has 0 aliphatic rings. The first-order valence-corrected chi connectivity index (χ1v) is 17.4. The van der Waals surface area contributed by atoms with E-state index in [0.29, 0.717) is 0 Å². The molecular formula is C37H60N3O2+. The molecule has 0 spiro atoms. The highest BCUT2D eigenvalue weighted by Crippen LogP contribution is 2.24. The highest BCUT2D eigenvalue weighted by molar-refractivity contribution is 5.85. The third-order valence-corrected chi connectivity index (χ3v) is 8.56. The normalized spacial score (nSPS) is 11.6. The molecule has 1 aromatic heterocycles. The van der Waals surface area contributed by atoms with Crippen LogP contribution in [0.3, 0.4) is 0 Å². The van der Waals surface area contributed by atoms with Crippen LogP contribution in [0.15, 0.2) is 42.5 Å². The van der Waals surface area contributed by atoms with Crippen LogP contribution in [0.5, 0.6) is 5.75 Å². The van der Waals surface area contributed by atoms with Crippen molar-refractivity contribution in [3.63, 3.8) is 0 Å². The van der Waals surface area contributed by atoms with E-state index in [9.17, 15) is 0 Å². The summed E-state index contributed by atoms with van der Waals surface area (Å²) in [5.41, 5.74) is 9.89. The van der Waals surface area contributed by atoms with Crippen molar-refractivity contribution in [2.75, 3.05) is 26.9 Å². The molecule has 0 bridgehead atoms. The molecular weight excluding hydrogens is 518 g/mol. The number of rotatable bonds is 26. The minimum Gasteiger partial charge on any atom is -0.494 e. The topological polar surface area (TPSA) is 61.2 Å². The molecule has 3 rings (SSSR count). The predicted octanol–water partition coefficient (Wildman–Crippen LogP) is 9.46. The largest absolute Gasteiger partial charge is 0.494 e. The second-order valence-corrected chi connectivity index (χ2v) is 12.1. The number of nitrogens with two attached hydrogens (primary N) is 1. The average molecular weight is 579 g/mol. The molecule has 2 aromatic carbocycles. The molecule has 0 aliphatic heterocycles. The lowest BCUT2D eigenvalue weighted by molar-refractivity contribution is -0.646. The first kappa shape index (κ1) is 34.3. The number of unbranched alkanes of at least 4 members (excludes halogenated alkanes) is 18. The van der Waals surface area contributed by atoms with Crippen LogP contribution >= 0.6 is 0 Å². The van der Waals surface area contributed by atoms with E-state index in [2.05, 4.69) is 41.0 Å². The van der Waals surface area contributed by atoms with Gasteiger partial charge in [-0.15, -0.1) is 0 Å². The monoisotopic (exact) mass is 578 g/mol. The third kappa shape index (κ3) is 13.0. The molecule has 0 saturated heterocycles. The molecule has 0 atom stereocenters. The van der Waals surface area contributed by atoms with E-state index in [1.165, 1.54) is 134 Å². The molecule has 0 fully saturated rings. The van der Waals surface area contributed by atoms with Gasteiger partial charge in [0.2, 0.25) is 11.0 Å². The Morgan fingerprint density at radius 1 is 0.571 bits per heavy atom. The Morgan fingerprint density at radius 3 is 1.64 bits per heavy atom. The summed E-state index contributed by atoms with van der Waals surface area (Å²) in [5.74, 6) is 0.844. The minimum atomic E-state index is 0.844. The Morgan fingerprint density at radius 2 is 1.07 bits per heavy atom. The fourth-order valence-corrected chi connectivity index (χ4v) is 6.04. The van der Waals surface area contributed by atoms with Crippen LogP contribution in [0, 0.1) is 0 Å². The van der Waals surface area contributed by atoms with Crippen LogP contribution in [0.1, 0.15) is 128 Å². The Hall–Kier alpha value is -2.24. The van der Waals surface area contributed by atoms with Gasteiger partial charge in [0, 0.05) is 31.8 Å². The second-order valence-electron chi connectivity index (χ2n) is 12.1. The van der Waals surface area contributed by atoms with Crippen molar-refractivity contribution in [1.82, 2.24) is 4.98 Å². The van der Waals surface area contributed by atoms with Gasteiger partial charge in [-0.2, -0.15) is 4.57 Å². The predicted molar refractivity (Wildman–Crippen MR) is 178 cm³/mol. The zero-order valence-electron chi connectivity index (χ0n) is 26.8. The zero-order valence-corrected chi connectivity index (χ0v) is 26.8. The van der Waals surface area contributed by atoms with E-state index in [1.807, 2.05) is 6.07 Å². The zero-order chi connectivity index (χ0) is 29.5. The van der Waals surface area contributed by atoms with Crippen LogP contribution in [0.4, 0.5) is 0 Å². The smallest absolute Gasteiger partial charge is 0.235 e. The number of hydrogen-bond donors (Lipinski definition) is 1. The maximum absolute atomic E-state index is 5.87. The molecule has 2 N–H and O–H groups in total. The summed E-state index contributed by atoms with van der Waals surface area (Å²) >= 11 is 0. The molecule has 5 heteroatoms. The Balaban J connectivity index is 1.12. The number of hydrogen-bond acceptors (Lipinski definition) is 4. The maximum atomic E-state index is 5.87. The van der Waals surface area contributed by atoms with Gasteiger partial charge in [0.15, 0.2) is 11.3 Å². The lowest BCUT2D eigenvalue weighted by Gasteiger charge is -2.08. The van der Waals surface area contributed by atoms with Crippen molar-refractivity contribution in [3.8, 4) is 5.75 Å². The summed E-state index contributed by atoms with van der Waals surface area (Å²) in [6.07, 6.45) is 26.6. The van der Waals surface area contributed by atoms with Crippen molar-refractivity contribution >= 4 is 22.1 Å². The van der Waals surface area contributed by atoms with E-state index in [1.54, 1.807) is 7.11 Å². The van der Waals surface area contributed by atoms with Gasteiger partial charge in [-0.1, -0.05) is 115 Å². The SMILES string of the molecule is COc1cccc2c1nc1ccccc1[n+]2CCCCCCCCCCCCOCCCCCCCCCCCCN. The van der Waals surface area contributed by atoms with Crippen LogP contribution < -0.4 is 15.0 Å². The van der Waals surface area contributed by atoms with Gasteiger partial charge in [-0.05, 0) is 44.4 Å². The average Bonchev–Trinajstić information content (AvgIpc) is 3.02. The van der Waals surface area contributed by atoms with E-state index >= 15 is 0 Å². The number of methoxy groups -OCH3 is 1. The molecule has 0 saturated carbocycles. The summed E-state index contributed by atoms with van der Waals surface area (Å²) in [4.78, 5) is 4.90. The van der Waals surface area contributed by atoms with Crippen LogP contribution in [0.2, 0.25) is 0 Å². The number of benzene rings is 2. The Labute approximate surface area is 256 Å². The minimum absolute atomic E-state index is 0.844. The van der Waals surface area contributed by atoms with E-state index in [-0.39, 0.29) is 0 Å². The van der Waals surface area contributed by atoms with Crippen molar-refractivity contribution in [2.24, 2.45) is 5.73 Å². The lowest BCUT2D eigenvalue weighted by atomic mass is 10.1. The molecule has 1 heterocycles. The first-order chi connectivity index (χ1) is 20.8. The molecule has 0 aliphatic carbocycles. The van der Waals surface area contributed by atoms with Crippen molar-refractivity contribution in [2.45, 2.75) is 135 Å². The van der Waals surface area contributed by atoms with Gasteiger partial charge in [0.25, 0.3) is 0 Å². The van der Waals surface area contributed by atoms with Crippen molar-refractivity contribution < 1.29 is 14.0 Å². The number of aromatic nitrogens is 2. The van der Waals surface area contributed by atoms with Gasteiger partial charge in [-0.3, -0.25) is 0 Å². The van der Waals surface area contributed by atoms with Gasteiger partial charge in [0.05, 0.1) is 7.11 Å². The van der Waals surface area contributed by atoms with Crippen LogP contribution in [-0.2, 0) is 11.3 Å². The molecule has 0 amide bonds. The van der Waals surface area contributed by atoms with E-state index in [0.717, 1.165) is 48.6 Å². The fraction of sp³-hybridized carbons (Fsp3) is 0.676.